The minimum Gasteiger partial charge on any atom is -0.473 e. The maximum Gasteiger partial charge on any atom is 0.245 e. The number of aliphatic hydroxyl groups is 2. The number of aliphatic hydroxyl groups excluding tert-OH is 2. The number of hydrogen-bond acceptors (Lipinski definition) is 7. The highest BCUT2D eigenvalue weighted by molar-refractivity contribution is 6.99. The predicted molar refractivity (Wildman–Crippen MR) is 51.4 cm³/mol. The van der Waals surface area contributed by atoms with Crippen molar-refractivity contribution in [2.75, 3.05) is 26.3 Å². The van der Waals surface area contributed by atoms with E-state index in [-0.39, 0.29) is 13.2 Å². The van der Waals surface area contributed by atoms with Gasteiger partial charge in [0, 0.05) is 13.1 Å². The van der Waals surface area contributed by atoms with E-state index in [0.717, 1.165) is 11.7 Å². The van der Waals surface area contributed by atoms with Crippen molar-refractivity contribution in [1.82, 2.24) is 14.1 Å². The van der Waals surface area contributed by atoms with Crippen molar-refractivity contribution in [3.05, 3.63) is 6.20 Å². The van der Waals surface area contributed by atoms with Gasteiger partial charge in [-0.25, -0.2) is 0 Å². The quantitative estimate of drug-likeness (QED) is 0.502. The van der Waals surface area contributed by atoms with Gasteiger partial charge in [-0.2, -0.15) is 4.37 Å². The van der Waals surface area contributed by atoms with Crippen molar-refractivity contribution in [3.8, 4) is 5.88 Å². The second-order valence-corrected chi connectivity index (χ2v) is 3.19. The zero-order chi connectivity index (χ0) is 10.2. The second kappa shape index (κ2) is 6.66. The molecule has 0 aliphatic heterocycles. The molecule has 80 valence electrons. The third kappa shape index (κ3) is 4.47. The number of nitrogens with zero attached hydrogens (tertiary/aromatic N) is 2. The standard InChI is InChI=1S/C7H13N3O3S/c11-2-1-8-3-6(12)5-13-7-4-9-14-10-7/h4,6,8,11-12H,1-3,5H2. The van der Waals surface area contributed by atoms with E-state index in [2.05, 4.69) is 14.1 Å². The number of nitrogens with one attached hydrogen (secondary N) is 1. The van der Waals surface area contributed by atoms with E-state index in [4.69, 9.17) is 9.84 Å². The lowest BCUT2D eigenvalue weighted by molar-refractivity contribution is 0.103. The Morgan fingerprint density at radius 2 is 2.50 bits per heavy atom. The Balaban J connectivity index is 2.06. The van der Waals surface area contributed by atoms with Crippen LogP contribution < -0.4 is 10.1 Å². The van der Waals surface area contributed by atoms with E-state index in [0.29, 0.717) is 19.0 Å². The van der Waals surface area contributed by atoms with Gasteiger partial charge >= 0.3 is 0 Å². The van der Waals surface area contributed by atoms with Gasteiger partial charge in [-0.1, -0.05) is 0 Å². The molecule has 1 atom stereocenters. The van der Waals surface area contributed by atoms with Crippen LogP contribution in [0.25, 0.3) is 0 Å². The molecule has 0 saturated carbocycles. The monoisotopic (exact) mass is 219 g/mol. The molecule has 0 radical (unpaired) electrons. The van der Waals surface area contributed by atoms with Crippen LogP contribution in [0.1, 0.15) is 0 Å². The maximum absolute atomic E-state index is 9.36. The first-order valence-corrected chi connectivity index (χ1v) is 4.96. The fourth-order valence-electron chi connectivity index (χ4n) is 0.808. The van der Waals surface area contributed by atoms with Gasteiger partial charge in [0.15, 0.2) is 0 Å². The van der Waals surface area contributed by atoms with Gasteiger partial charge in [-0.05, 0) is 0 Å². The molecule has 0 aromatic carbocycles. The molecule has 0 saturated heterocycles. The molecule has 14 heavy (non-hydrogen) atoms. The zero-order valence-electron chi connectivity index (χ0n) is 7.59. The molecule has 1 aromatic rings. The molecule has 1 heterocycles. The minimum absolute atomic E-state index is 0.0591. The molecule has 0 amide bonds. The summed E-state index contributed by atoms with van der Waals surface area (Å²) >= 11 is 1.06. The summed E-state index contributed by atoms with van der Waals surface area (Å²) in [5.74, 6) is 0.427. The SMILES string of the molecule is OCCNCC(O)COc1cnsn1. The maximum atomic E-state index is 9.36. The summed E-state index contributed by atoms with van der Waals surface area (Å²) < 4.78 is 12.7. The van der Waals surface area contributed by atoms with Crippen LogP contribution in [0.2, 0.25) is 0 Å². The van der Waals surface area contributed by atoms with Crippen LogP contribution in [0.15, 0.2) is 6.20 Å². The average Bonchev–Trinajstić information content (AvgIpc) is 2.68. The second-order valence-electron chi connectivity index (χ2n) is 2.64. The van der Waals surface area contributed by atoms with E-state index < -0.39 is 6.10 Å². The van der Waals surface area contributed by atoms with Gasteiger partial charge in [0.25, 0.3) is 0 Å². The van der Waals surface area contributed by atoms with Crippen LogP contribution in [-0.4, -0.2) is 51.4 Å². The molecule has 1 rings (SSSR count). The summed E-state index contributed by atoms with van der Waals surface area (Å²) in [5, 5.41) is 20.7. The van der Waals surface area contributed by atoms with Gasteiger partial charge in [0.2, 0.25) is 5.88 Å². The molecular formula is C7H13N3O3S. The van der Waals surface area contributed by atoms with Gasteiger partial charge in [0.1, 0.15) is 18.9 Å². The Morgan fingerprint density at radius 1 is 1.64 bits per heavy atom. The van der Waals surface area contributed by atoms with Crippen LogP contribution in [0.5, 0.6) is 5.88 Å². The lowest BCUT2D eigenvalue weighted by Crippen LogP contribution is -2.32. The number of hydrogen-bond donors (Lipinski definition) is 3. The molecule has 7 heteroatoms. The molecule has 0 aliphatic rings. The van der Waals surface area contributed by atoms with E-state index >= 15 is 0 Å². The Bertz CT molecular complexity index is 232. The first-order valence-electron chi connectivity index (χ1n) is 4.23. The molecule has 3 N–H and O–H groups in total. The molecule has 0 fully saturated rings. The van der Waals surface area contributed by atoms with Crippen LogP contribution >= 0.6 is 11.7 Å². The van der Waals surface area contributed by atoms with Crippen molar-refractivity contribution < 1.29 is 14.9 Å². The Hall–Kier alpha value is -0.760. The highest BCUT2D eigenvalue weighted by Gasteiger charge is 2.05. The van der Waals surface area contributed by atoms with Crippen molar-refractivity contribution in [3.63, 3.8) is 0 Å². The molecule has 0 bridgehead atoms. The third-order valence-electron chi connectivity index (χ3n) is 1.43. The summed E-state index contributed by atoms with van der Waals surface area (Å²) in [6.07, 6.45) is 0.890. The van der Waals surface area contributed by atoms with E-state index in [1.807, 2.05) is 0 Å². The molecule has 0 aliphatic carbocycles. The number of rotatable bonds is 7. The van der Waals surface area contributed by atoms with Crippen molar-refractivity contribution >= 4 is 11.7 Å². The van der Waals surface area contributed by atoms with Gasteiger partial charge < -0.3 is 20.3 Å². The number of aromatic nitrogens is 2. The molecule has 6 nitrogen and oxygen atoms in total. The topological polar surface area (TPSA) is 87.5 Å². The largest absolute Gasteiger partial charge is 0.473 e. The van der Waals surface area contributed by atoms with Crippen molar-refractivity contribution in [2.45, 2.75) is 6.10 Å². The molecular weight excluding hydrogens is 206 g/mol. The fourth-order valence-corrected chi connectivity index (χ4v) is 1.17. The van der Waals surface area contributed by atoms with Crippen LogP contribution in [0.3, 0.4) is 0 Å². The van der Waals surface area contributed by atoms with E-state index in [1.54, 1.807) is 0 Å². The summed E-state index contributed by atoms with van der Waals surface area (Å²) in [7, 11) is 0. The van der Waals surface area contributed by atoms with Crippen molar-refractivity contribution in [2.24, 2.45) is 0 Å². The predicted octanol–water partition coefficient (Wildman–Crippen LogP) is -1.14. The number of ether oxygens (including phenoxy) is 1. The highest BCUT2D eigenvalue weighted by Crippen LogP contribution is 2.04. The zero-order valence-corrected chi connectivity index (χ0v) is 8.40. The van der Waals surface area contributed by atoms with E-state index in [9.17, 15) is 5.11 Å². The Morgan fingerprint density at radius 3 is 3.14 bits per heavy atom. The van der Waals surface area contributed by atoms with Gasteiger partial charge in [0.05, 0.1) is 18.3 Å². The van der Waals surface area contributed by atoms with Crippen LogP contribution in [0, 0.1) is 0 Å². The normalized spacial score (nSPS) is 12.7. The first-order chi connectivity index (χ1) is 6.83. The first kappa shape index (κ1) is 11.3. The minimum atomic E-state index is -0.608. The van der Waals surface area contributed by atoms with Crippen LogP contribution in [0.4, 0.5) is 0 Å². The van der Waals surface area contributed by atoms with Gasteiger partial charge in [-0.3, -0.25) is 0 Å². The van der Waals surface area contributed by atoms with Crippen LogP contribution in [-0.2, 0) is 0 Å². The van der Waals surface area contributed by atoms with Crippen molar-refractivity contribution in [1.29, 1.82) is 0 Å². The lowest BCUT2D eigenvalue weighted by atomic mass is 10.4. The average molecular weight is 219 g/mol. The molecule has 1 unspecified atom stereocenters. The summed E-state index contributed by atoms with van der Waals surface area (Å²) in [6.45, 7) is 1.08. The third-order valence-corrected chi connectivity index (χ3v) is 1.89. The summed E-state index contributed by atoms with van der Waals surface area (Å²) in [4.78, 5) is 0. The summed E-state index contributed by atoms with van der Waals surface area (Å²) in [5.41, 5.74) is 0. The Labute approximate surface area is 85.9 Å². The molecule has 1 aromatic heterocycles. The van der Waals surface area contributed by atoms with E-state index in [1.165, 1.54) is 6.20 Å². The molecule has 0 spiro atoms. The smallest absolute Gasteiger partial charge is 0.245 e. The highest BCUT2D eigenvalue weighted by atomic mass is 32.1. The summed E-state index contributed by atoms with van der Waals surface area (Å²) in [6, 6.07) is 0. The lowest BCUT2D eigenvalue weighted by Gasteiger charge is -2.10. The Kier molecular flexibility index (Phi) is 5.38. The van der Waals surface area contributed by atoms with Gasteiger partial charge in [-0.15, -0.1) is 4.37 Å². The fraction of sp³-hybridized carbons (Fsp3) is 0.714.